The van der Waals surface area contributed by atoms with Gasteiger partial charge in [0.2, 0.25) is 11.9 Å². The Morgan fingerprint density at radius 1 is 1.21 bits per heavy atom. The van der Waals surface area contributed by atoms with Crippen molar-refractivity contribution < 1.29 is 4.79 Å². The van der Waals surface area contributed by atoms with Crippen LogP contribution in [0, 0.1) is 11.3 Å². The Bertz CT molecular complexity index is 883. The zero-order valence-corrected chi connectivity index (χ0v) is 17.1. The summed E-state index contributed by atoms with van der Waals surface area (Å²) in [6, 6.07) is 10.1. The Morgan fingerprint density at radius 3 is 2.75 bits per heavy atom. The van der Waals surface area contributed by atoms with Gasteiger partial charge in [-0.3, -0.25) is 9.36 Å². The molecule has 1 aromatic carbocycles. The van der Waals surface area contributed by atoms with Gasteiger partial charge in [-0.05, 0) is 37.8 Å². The van der Waals surface area contributed by atoms with E-state index in [-0.39, 0.29) is 11.7 Å². The maximum Gasteiger partial charge on any atom is 0.234 e. The maximum atomic E-state index is 12.5. The summed E-state index contributed by atoms with van der Waals surface area (Å²) in [5.74, 6) is 1.51. The van der Waals surface area contributed by atoms with Crippen LogP contribution in [0.5, 0.6) is 0 Å². The molecule has 1 aliphatic carbocycles. The standard InChI is InChI=1S/C19H22N6OS2/c20-9-12-27-16-6-2-1-5-15(16)21-17(26)13-28-19-23-22-18(24-10-3-4-11-24)25(19)14-7-8-14/h1-2,5-6,14H,3-4,7-8,10-13H2,(H,21,26). The summed E-state index contributed by atoms with van der Waals surface area (Å²) in [5.41, 5.74) is 0.745. The first-order chi connectivity index (χ1) is 13.8. The predicted molar refractivity (Wildman–Crippen MR) is 112 cm³/mol. The molecule has 1 aromatic heterocycles. The minimum atomic E-state index is -0.0805. The zero-order chi connectivity index (χ0) is 19.3. The predicted octanol–water partition coefficient (Wildman–Crippen LogP) is 3.56. The number of benzene rings is 1. The van der Waals surface area contributed by atoms with Crippen molar-refractivity contribution in [2.45, 2.75) is 41.8 Å². The van der Waals surface area contributed by atoms with Gasteiger partial charge in [-0.15, -0.1) is 22.0 Å². The lowest BCUT2D eigenvalue weighted by molar-refractivity contribution is -0.113. The van der Waals surface area contributed by atoms with E-state index >= 15 is 0 Å². The van der Waals surface area contributed by atoms with Crippen molar-refractivity contribution >= 4 is 41.1 Å². The second-order valence-electron chi connectivity index (χ2n) is 6.86. The van der Waals surface area contributed by atoms with Crippen molar-refractivity contribution in [3.63, 3.8) is 0 Å². The molecule has 0 bridgehead atoms. The third kappa shape index (κ3) is 4.45. The van der Waals surface area contributed by atoms with E-state index in [9.17, 15) is 4.79 Å². The fraction of sp³-hybridized carbons (Fsp3) is 0.474. The number of hydrogen-bond acceptors (Lipinski definition) is 7. The van der Waals surface area contributed by atoms with Crippen LogP contribution < -0.4 is 10.2 Å². The topological polar surface area (TPSA) is 86.8 Å². The number of rotatable bonds is 8. The molecule has 2 aliphatic rings. The quantitative estimate of drug-likeness (QED) is 0.661. The molecule has 0 atom stereocenters. The summed E-state index contributed by atoms with van der Waals surface area (Å²) in [5, 5.41) is 21.4. The minimum Gasteiger partial charge on any atom is -0.341 e. The monoisotopic (exact) mass is 414 g/mol. The lowest BCUT2D eigenvalue weighted by atomic mass is 10.3. The lowest BCUT2D eigenvalue weighted by Crippen LogP contribution is -2.22. The number of nitrogens with zero attached hydrogens (tertiary/aromatic N) is 5. The van der Waals surface area contributed by atoms with E-state index in [1.807, 2.05) is 24.3 Å². The molecule has 1 saturated carbocycles. The van der Waals surface area contributed by atoms with Crippen LogP contribution in [0.1, 0.15) is 31.7 Å². The SMILES string of the molecule is N#CCSc1ccccc1NC(=O)CSc1nnc(N2CCCC2)n1C1CC1. The Kier molecular flexibility index (Phi) is 6.07. The summed E-state index contributed by atoms with van der Waals surface area (Å²) in [6.07, 6.45) is 4.71. The van der Waals surface area contributed by atoms with Gasteiger partial charge in [-0.1, -0.05) is 23.9 Å². The van der Waals surface area contributed by atoms with Crippen LogP contribution in [0.15, 0.2) is 34.3 Å². The zero-order valence-electron chi connectivity index (χ0n) is 15.5. The van der Waals surface area contributed by atoms with E-state index in [2.05, 4.69) is 31.1 Å². The second-order valence-corrected chi connectivity index (χ2v) is 8.82. The Balaban J connectivity index is 1.40. The first-order valence-electron chi connectivity index (χ1n) is 9.47. The summed E-state index contributed by atoms with van der Waals surface area (Å²) < 4.78 is 2.22. The number of hydrogen-bond donors (Lipinski definition) is 1. The average molecular weight is 415 g/mol. The highest BCUT2D eigenvalue weighted by atomic mass is 32.2. The molecule has 4 rings (SSSR count). The highest BCUT2D eigenvalue weighted by Gasteiger charge is 2.32. The number of nitriles is 1. The molecule has 1 amide bonds. The molecule has 0 radical (unpaired) electrons. The number of amides is 1. The van der Waals surface area contributed by atoms with Crippen molar-refractivity contribution in [3.05, 3.63) is 24.3 Å². The number of para-hydroxylation sites is 1. The van der Waals surface area contributed by atoms with Crippen molar-refractivity contribution in [1.29, 1.82) is 5.26 Å². The van der Waals surface area contributed by atoms with Crippen LogP contribution in [0.4, 0.5) is 11.6 Å². The number of aromatic nitrogens is 3. The van der Waals surface area contributed by atoms with Crippen molar-refractivity contribution in [1.82, 2.24) is 14.8 Å². The third-order valence-corrected chi connectivity index (χ3v) is 6.62. The van der Waals surface area contributed by atoms with Crippen molar-refractivity contribution in [2.75, 3.05) is 34.8 Å². The Labute approximate surface area is 172 Å². The van der Waals surface area contributed by atoms with Gasteiger partial charge in [0.15, 0.2) is 5.16 Å². The van der Waals surface area contributed by atoms with Crippen LogP contribution in [-0.2, 0) is 4.79 Å². The molecule has 2 heterocycles. The molecule has 2 fully saturated rings. The van der Waals surface area contributed by atoms with E-state index in [1.165, 1.54) is 36.4 Å². The normalized spacial score (nSPS) is 16.2. The highest BCUT2D eigenvalue weighted by molar-refractivity contribution is 8.00. The number of carbonyl (C=O) groups is 1. The van der Waals surface area contributed by atoms with Gasteiger partial charge >= 0.3 is 0 Å². The largest absolute Gasteiger partial charge is 0.341 e. The van der Waals surface area contributed by atoms with Gasteiger partial charge in [0.05, 0.1) is 23.3 Å². The number of thioether (sulfide) groups is 2. The van der Waals surface area contributed by atoms with Gasteiger partial charge in [0, 0.05) is 24.0 Å². The number of nitrogens with one attached hydrogen (secondary N) is 1. The molecule has 1 aliphatic heterocycles. The number of carbonyl (C=O) groups excluding carboxylic acids is 1. The molecule has 0 unspecified atom stereocenters. The van der Waals surface area contributed by atoms with E-state index in [0.29, 0.717) is 11.8 Å². The molecule has 28 heavy (non-hydrogen) atoms. The van der Waals surface area contributed by atoms with Gasteiger partial charge in [0.25, 0.3) is 0 Å². The Hall–Kier alpha value is -2.18. The van der Waals surface area contributed by atoms with E-state index in [0.717, 1.165) is 47.6 Å². The summed E-state index contributed by atoms with van der Waals surface area (Å²) in [7, 11) is 0. The lowest BCUT2D eigenvalue weighted by Gasteiger charge is -2.18. The maximum absolute atomic E-state index is 12.5. The molecular weight excluding hydrogens is 392 g/mol. The third-order valence-electron chi connectivity index (χ3n) is 4.73. The molecular formula is C19H22N6OS2. The van der Waals surface area contributed by atoms with Crippen molar-refractivity contribution in [3.8, 4) is 6.07 Å². The molecule has 2 aromatic rings. The van der Waals surface area contributed by atoms with Gasteiger partial charge in [0.1, 0.15) is 0 Å². The van der Waals surface area contributed by atoms with Crippen LogP contribution in [0.2, 0.25) is 0 Å². The first-order valence-corrected chi connectivity index (χ1v) is 11.4. The fourth-order valence-corrected chi connectivity index (χ4v) is 4.75. The molecule has 9 heteroatoms. The van der Waals surface area contributed by atoms with Gasteiger partial charge < -0.3 is 10.2 Å². The van der Waals surface area contributed by atoms with Crippen molar-refractivity contribution in [2.24, 2.45) is 0 Å². The molecule has 7 nitrogen and oxygen atoms in total. The average Bonchev–Trinajstić information content (AvgIpc) is 3.23. The van der Waals surface area contributed by atoms with Gasteiger partial charge in [-0.25, -0.2) is 0 Å². The molecule has 146 valence electrons. The molecule has 1 saturated heterocycles. The number of anilines is 2. The molecule has 0 spiro atoms. The summed E-state index contributed by atoms with van der Waals surface area (Å²) in [6.45, 7) is 2.07. The van der Waals surface area contributed by atoms with E-state index < -0.39 is 0 Å². The van der Waals surface area contributed by atoms with Crippen LogP contribution in [0.3, 0.4) is 0 Å². The van der Waals surface area contributed by atoms with Gasteiger partial charge in [-0.2, -0.15) is 5.26 Å². The van der Waals surface area contributed by atoms with E-state index in [4.69, 9.17) is 5.26 Å². The highest BCUT2D eigenvalue weighted by Crippen LogP contribution is 2.41. The fourth-order valence-electron chi connectivity index (χ4n) is 3.27. The van der Waals surface area contributed by atoms with Crippen LogP contribution >= 0.6 is 23.5 Å². The summed E-state index contributed by atoms with van der Waals surface area (Å²) in [4.78, 5) is 15.7. The minimum absolute atomic E-state index is 0.0805. The van der Waals surface area contributed by atoms with E-state index in [1.54, 1.807) is 0 Å². The second kappa shape index (κ2) is 8.88. The summed E-state index contributed by atoms with van der Waals surface area (Å²) >= 11 is 2.86. The van der Waals surface area contributed by atoms with Crippen LogP contribution in [-0.4, -0.2) is 45.3 Å². The molecule has 1 N–H and O–H groups in total. The smallest absolute Gasteiger partial charge is 0.234 e. The Morgan fingerprint density at radius 2 is 2.00 bits per heavy atom. The van der Waals surface area contributed by atoms with Crippen LogP contribution in [0.25, 0.3) is 0 Å². The first kappa shape index (κ1) is 19.2.